The van der Waals surface area contributed by atoms with Gasteiger partial charge in [-0.25, -0.2) is 0 Å². The highest BCUT2D eigenvalue weighted by atomic mass is 16.6. The zero-order valence-electron chi connectivity index (χ0n) is 30.4. The van der Waals surface area contributed by atoms with Gasteiger partial charge in [-0.1, -0.05) is 82.1 Å². The third-order valence-electron chi connectivity index (χ3n) is 8.04. The summed E-state index contributed by atoms with van der Waals surface area (Å²) in [7, 11) is 0. The molecule has 0 bridgehead atoms. The Balaban J connectivity index is 2.68. The van der Waals surface area contributed by atoms with Crippen LogP contribution in [0.25, 0.3) is 0 Å². The van der Waals surface area contributed by atoms with Crippen LogP contribution in [0.5, 0.6) is 0 Å². The van der Waals surface area contributed by atoms with Gasteiger partial charge in [0.15, 0.2) is 0 Å². The molecule has 0 aliphatic carbocycles. The van der Waals surface area contributed by atoms with Crippen molar-refractivity contribution in [3.63, 3.8) is 0 Å². The Hall–Kier alpha value is -0.320. The summed E-state index contributed by atoms with van der Waals surface area (Å²) >= 11 is 0. The predicted octanol–water partition coefficient (Wildman–Crippen LogP) is 7.21. The lowest BCUT2D eigenvalue weighted by atomic mass is 10.1. The standard InChI is InChI=1S/C36H72O8/c1-11-29(8)16-37-17-31(10)18-38-23-35(24-39-20-32(13-3)42-19-30(9)12-2)43-33(14-27(4)5)21-40-25-36-26-41-22-34(44-36)15-28(6)7/h27-36H,11-26H2,1-10H3. The second-order valence-electron chi connectivity index (χ2n) is 14.2. The summed E-state index contributed by atoms with van der Waals surface area (Å²) in [4.78, 5) is 0. The Morgan fingerprint density at radius 2 is 1.09 bits per heavy atom. The SMILES string of the molecule is CCC(C)COCC(C)COCC(COCC(CC)OCC(C)CC)OC(COCC1COCC(CC(C)C)O1)CC(C)C. The van der Waals surface area contributed by atoms with Gasteiger partial charge in [0.2, 0.25) is 0 Å². The van der Waals surface area contributed by atoms with E-state index < -0.39 is 0 Å². The molecule has 0 radical (unpaired) electrons. The molecule has 0 saturated carbocycles. The number of rotatable bonds is 28. The van der Waals surface area contributed by atoms with Crippen LogP contribution in [-0.4, -0.2) is 103 Å². The third kappa shape index (κ3) is 21.5. The second-order valence-corrected chi connectivity index (χ2v) is 14.2. The molecule has 44 heavy (non-hydrogen) atoms. The maximum absolute atomic E-state index is 6.65. The van der Waals surface area contributed by atoms with Crippen molar-refractivity contribution in [1.29, 1.82) is 0 Å². The van der Waals surface area contributed by atoms with Gasteiger partial charge >= 0.3 is 0 Å². The fourth-order valence-electron chi connectivity index (χ4n) is 4.91. The molecule has 8 atom stereocenters. The maximum Gasteiger partial charge on any atom is 0.105 e. The zero-order chi connectivity index (χ0) is 32.7. The van der Waals surface area contributed by atoms with E-state index in [1.54, 1.807) is 0 Å². The summed E-state index contributed by atoms with van der Waals surface area (Å²) in [6.45, 7) is 28.6. The molecule has 8 unspecified atom stereocenters. The van der Waals surface area contributed by atoms with Crippen molar-refractivity contribution in [1.82, 2.24) is 0 Å². The van der Waals surface area contributed by atoms with E-state index in [4.69, 9.17) is 37.9 Å². The third-order valence-corrected chi connectivity index (χ3v) is 8.04. The first-order chi connectivity index (χ1) is 21.1. The molecule has 1 aliphatic rings. The molecular weight excluding hydrogens is 560 g/mol. The van der Waals surface area contributed by atoms with Crippen LogP contribution >= 0.6 is 0 Å². The molecule has 0 N–H and O–H groups in total. The summed E-state index contributed by atoms with van der Waals surface area (Å²) in [5, 5.41) is 0. The fraction of sp³-hybridized carbons (Fsp3) is 1.00. The van der Waals surface area contributed by atoms with E-state index in [9.17, 15) is 0 Å². The highest BCUT2D eigenvalue weighted by Gasteiger charge is 2.25. The minimum absolute atomic E-state index is 0.0416. The molecule has 8 nitrogen and oxygen atoms in total. The van der Waals surface area contributed by atoms with Crippen molar-refractivity contribution in [2.24, 2.45) is 29.6 Å². The molecule has 1 fully saturated rings. The first-order valence-corrected chi connectivity index (χ1v) is 17.9. The second kappa shape index (κ2) is 25.7. The van der Waals surface area contributed by atoms with Crippen molar-refractivity contribution >= 4 is 0 Å². The van der Waals surface area contributed by atoms with Crippen LogP contribution in [-0.2, 0) is 37.9 Å². The highest BCUT2D eigenvalue weighted by Crippen LogP contribution is 2.18. The summed E-state index contributed by atoms with van der Waals surface area (Å²) in [5.74, 6) is 2.49. The van der Waals surface area contributed by atoms with E-state index in [1.807, 2.05) is 0 Å². The van der Waals surface area contributed by atoms with Gasteiger partial charge in [-0.05, 0) is 42.9 Å². The van der Waals surface area contributed by atoms with Gasteiger partial charge < -0.3 is 37.9 Å². The van der Waals surface area contributed by atoms with Gasteiger partial charge in [-0.15, -0.1) is 0 Å². The van der Waals surface area contributed by atoms with Crippen LogP contribution in [0, 0.1) is 29.6 Å². The molecule has 0 aromatic heterocycles. The number of hydrogen-bond donors (Lipinski definition) is 0. The molecule has 8 heteroatoms. The lowest BCUT2D eigenvalue weighted by Crippen LogP contribution is -2.40. The van der Waals surface area contributed by atoms with Gasteiger partial charge in [0.25, 0.3) is 0 Å². The van der Waals surface area contributed by atoms with Crippen molar-refractivity contribution in [3.05, 3.63) is 0 Å². The van der Waals surface area contributed by atoms with Gasteiger partial charge in [0.05, 0.1) is 77.8 Å². The average molecular weight is 633 g/mol. The molecule has 1 aliphatic heterocycles. The summed E-state index contributed by atoms with van der Waals surface area (Å²) < 4.78 is 49.3. The normalized spacial score (nSPS) is 21.8. The molecular formula is C36H72O8. The van der Waals surface area contributed by atoms with Crippen molar-refractivity contribution in [2.75, 3.05) is 72.7 Å². The van der Waals surface area contributed by atoms with Gasteiger partial charge in [0, 0.05) is 19.1 Å². The van der Waals surface area contributed by atoms with Gasteiger partial charge in [-0.2, -0.15) is 0 Å². The molecule has 0 aromatic carbocycles. The molecule has 1 rings (SSSR count). The lowest BCUT2D eigenvalue weighted by Gasteiger charge is -2.32. The predicted molar refractivity (Wildman–Crippen MR) is 178 cm³/mol. The van der Waals surface area contributed by atoms with Crippen molar-refractivity contribution in [2.45, 2.75) is 132 Å². The smallest absolute Gasteiger partial charge is 0.105 e. The Morgan fingerprint density at radius 3 is 1.70 bits per heavy atom. The van der Waals surface area contributed by atoms with Crippen molar-refractivity contribution in [3.8, 4) is 0 Å². The Bertz CT molecular complexity index is 648. The fourth-order valence-corrected chi connectivity index (χ4v) is 4.91. The summed E-state index contributed by atoms with van der Waals surface area (Å²) in [5.41, 5.74) is 0. The van der Waals surface area contributed by atoms with Crippen LogP contribution in [0.4, 0.5) is 0 Å². The monoisotopic (exact) mass is 633 g/mol. The van der Waals surface area contributed by atoms with Crippen LogP contribution in [0.15, 0.2) is 0 Å². The Morgan fingerprint density at radius 1 is 0.545 bits per heavy atom. The summed E-state index contributed by atoms with van der Waals surface area (Å²) in [6.07, 6.45) is 4.97. The number of hydrogen-bond acceptors (Lipinski definition) is 8. The molecule has 0 spiro atoms. The molecule has 264 valence electrons. The maximum atomic E-state index is 6.65. The van der Waals surface area contributed by atoms with Gasteiger partial charge in [0.1, 0.15) is 12.2 Å². The lowest BCUT2D eigenvalue weighted by molar-refractivity contribution is -0.171. The largest absolute Gasteiger partial charge is 0.381 e. The highest BCUT2D eigenvalue weighted by molar-refractivity contribution is 4.71. The van der Waals surface area contributed by atoms with Crippen molar-refractivity contribution < 1.29 is 37.9 Å². The average Bonchev–Trinajstić information content (AvgIpc) is 2.97. The first-order valence-electron chi connectivity index (χ1n) is 17.9. The van der Waals surface area contributed by atoms with E-state index in [0.29, 0.717) is 89.1 Å². The van der Waals surface area contributed by atoms with Crippen LogP contribution in [0.1, 0.15) is 101 Å². The molecule has 0 aromatic rings. The van der Waals surface area contributed by atoms with E-state index in [1.165, 1.54) is 0 Å². The van der Waals surface area contributed by atoms with E-state index >= 15 is 0 Å². The Kier molecular flexibility index (Phi) is 24.4. The van der Waals surface area contributed by atoms with Crippen LogP contribution in [0.2, 0.25) is 0 Å². The molecule has 1 heterocycles. The minimum Gasteiger partial charge on any atom is -0.381 e. The van der Waals surface area contributed by atoms with E-state index in [0.717, 1.165) is 45.3 Å². The minimum atomic E-state index is -0.202. The number of ether oxygens (including phenoxy) is 8. The molecule has 1 saturated heterocycles. The van der Waals surface area contributed by atoms with Crippen LogP contribution < -0.4 is 0 Å². The van der Waals surface area contributed by atoms with E-state index in [2.05, 4.69) is 69.2 Å². The first kappa shape index (κ1) is 41.7. The summed E-state index contributed by atoms with van der Waals surface area (Å²) in [6, 6.07) is 0. The quantitative estimate of drug-likeness (QED) is 0.0896. The molecule has 0 amide bonds. The van der Waals surface area contributed by atoms with Crippen LogP contribution in [0.3, 0.4) is 0 Å². The zero-order valence-corrected chi connectivity index (χ0v) is 30.4. The van der Waals surface area contributed by atoms with Gasteiger partial charge in [-0.3, -0.25) is 0 Å². The topological polar surface area (TPSA) is 73.8 Å². The Labute approximate surface area is 271 Å². The van der Waals surface area contributed by atoms with E-state index in [-0.39, 0.29) is 30.5 Å².